The van der Waals surface area contributed by atoms with Crippen LogP contribution >= 0.6 is 22.9 Å². The zero-order chi connectivity index (χ0) is 20.1. The molecule has 2 N–H and O–H groups in total. The highest BCUT2D eigenvalue weighted by Gasteiger charge is 2.23. The van der Waals surface area contributed by atoms with Crippen molar-refractivity contribution in [3.63, 3.8) is 0 Å². The summed E-state index contributed by atoms with van der Waals surface area (Å²) in [6.45, 7) is 0.130. The molecule has 1 aromatic carbocycles. The van der Waals surface area contributed by atoms with Gasteiger partial charge in [-0.15, -0.1) is 11.3 Å². The molecular formula is C19H16ClFN2O4S. The lowest BCUT2D eigenvalue weighted by Gasteiger charge is -2.13. The first-order valence-electron chi connectivity index (χ1n) is 8.34. The molecule has 0 unspecified atom stereocenters. The summed E-state index contributed by atoms with van der Waals surface area (Å²) in [6.07, 6.45) is 1.35. The maximum Gasteiger partial charge on any atom is 0.304 e. The Bertz CT molecular complexity index is 974. The molecular weight excluding hydrogens is 407 g/mol. The largest absolute Gasteiger partial charge is 0.481 e. The van der Waals surface area contributed by atoms with E-state index in [-0.39, 0.29) is 19.4 Å². The van der Waals surface area contributed by atoms with E-state index in [1.54, 1.807) is 17.5 Å². The number of carbonyl (C=O) groups is 2. The summed E-state index contributed by atoms with van der Waals surface area (Å²) in [4.78, 5) is 27.9. The van der Waals surface area contributed by atoms with E-state index in [2.05, 4.69) is 10.3 Å². The van der Waals surface area contributed by atoms with Gasteiger partial charge in [-0.1, -0.05) is 11.6 Å². The minimum atomic E-state index is -1.07. The highest BCUT2D eigenvalue weighted by Crippen LogP contribution is 2.29. The Balaban J connectivity index is 1.65. The third-order valence-electron chi connectivity index (χ3n) is 3.99. The van der Waals surface area contributed by atoms with Crippen molar-refractivity contribution in [3.8, 4) is 11.3 Å². The Kier molecular flexibility index (Phi) is 6.43. The van der Waals surface area contributed by atoms with Gasteiger partial charge in [0, 0.05) is 17.4 Å². The van der Waals surface area contributed by atoms with Crippen LogP contribution in [0.3, 0.4) is 0 Å². The number of benzene rings is 1. The minimum absolute atomic E-state index is 0.130. The lowest BCUT2D eigenvalue weighted by atomic mass is 9.99. The van der Waals surface area contributed by atoms with Crippen LogP contribution in [0.1, 0.15) is 17.2 Å². The van der Waals surface area contributed by atoms with E-state index in [0.717, 1.165) is 0 Å². The SMILES string of the molecule is O=C(O)C[C@@H](Cc1ccco1)C(=O)NCc1nc(-c2cc(F)ccc2Cl)cs1. The summed E-state index contributed by atoms with van der Waals surface area (Å²) < 4.78 is 18.7. The lowest BCUT2D eigenvalue weighted by molar-refractivity contribution is -0.141. The van der Waals surface area contributed by atoms with Crippen LogP contribution in [-0.2, 0) is 22.6 Å². The van der Waals surface area contributed by atoms with E-state index in [0.29, 0.717) is 27.0 Å². The zero-order valence-corrected chi connectivity index (χ0v) is 16.1. The molecule has 0 radical (unpaired) electrons. The predicted octanol–water partition coefficient (Wildman–Crippen LogP) is 4.15. The van der Waals surface area contributed by atoms with Gasteiger partial charge in [-0.05, 0) is 30.3 Å². The van der Waals surface area contributed by atoms with Gasteiger partial charge in [0.1, 0.15) is 16.6 Å². The number of carbonyl (C=O) groups excluding carboxylic acids is 1. The summed E-state index contributed by atoms with van der Waals surface area (Å²) in [5.41, 5.74) is 0.980. The van der Waals surface area contributed by atoms with Gasteiger partial charge in [0.2, 0.25) is 5.91 Å². The van der Waals surface area contributed by atoms with Crippen molar-refractivity contribution < 1.29 is 23.5 Å². The third-order valence-corrected chi connectivity index (χ3v) is 5.17. The van der Waals surface area contributed by atoms with E-state index in [9.17, 15) is 14.0 Å². The van der Waals surface area contributed by atoms with Gasteiger partial charge in [-0.2, -0.15) is 0 Å². The number of aromatic nitrogens is 1. The molecule has 2 heterocycles. The van der Waals surface area contributed by atoms with Crippen molar-refractivity contribution in [2.75, 3.05) is 0 Å². The van der Waals surface area contributed by atoms with Gasteiger partial charge in [-0.25, -0.2) is 9.37 Å². The highest BCUT2D eigenvalue weighted by molar-refractivity contribution is 7.09. The van der Waals surface area contributed by atoms with Gasteiger partial charge in [-0.3, -0.25) is 9.59 Å². The summed E-state index contributed by atoms with van der Waals surface area (Å²) in [7, 11) is 0. The highest BCUT2D eigenvalue weighted by atomic mass is 35.5. The molecule has 6 nitrogen and oxygen atoms in total. The van der Waals surface area contributed by atoms with Gasteiger partial charge in [0.05, 0.1) is 35.9 Å². The summed E-state index contributed by atoms with van der Waals surface area (Å²) >= 11 is 7.38. The molecule has 0 aliphatic heterocycles. The molecule has 1 amide bonds. The van der Waals surface area contributed by atoms with E-state index in [1.807, 2.05) is 0 Å². The van der Waals surface area contributed by atoms with Crippen LogP contribution in [0.5, 0.6) is 0 Å². The first kappa shape index (κ1) is 20.0. The number of nitrogens with one attached hydrogen (secondary N) is 1. The maximum absolute atomic E-state index is 13.4. The summed E-state index contributed by atoms with van der Waals surface area (Å²) in [5, 5.41) is 14.5. The summed E-state index contributed by atoms with van der Waals surface area (Å²) in [5.74, 6) is -2.11. The molecule has 3 aromatic rings. The van der Waals surface area contributed by atoms with Crippen molar-refractivity contribution in [3.05, 3.63) is 63.6 Å². The molecule has 2 aromatic heterocycles. The van der Waals surface area contributed by atoms with Crippen molar-refractivity contribution >= 4 is 34.8 Å². The van der Waals surface area contributed by atoms with Crippen molar-refractivity contribution in [2.24, 2.45) is 5.92 Å². The Hall–Kier alpha value is -2.71. The molecule has 1 atom stereocenters. The van der Waals surface area contributed by atoms with E-state index >= 15 is 0 Å². The molecule has 0 aliphatic rings. The second-order valence-corrected chi connectivity index (χ2v) is 7.40. The Morgan fingerprint density at radius 1 is 1.36 bits per heavy atom. The topological polar surface area (TPSA) is 92.4 Å². The van der Waals surface area contributed by atoms with Crippen LogP contribution in [0.2, 0.25) is 5.02 Å². The number of carboxylic acids is 1. The number of hydrogen-bond acceptors (Lipinski definition) is 5. The molecule has 3 rings (SSSR count). The zero-order valence-electron chi connectivity index (χ0n) is 14.5. The quantitative estimate of drug-likeness (QED) is 0.569. The Morgan fingerprint density at radius 3 is 2.89 bits per heavy atom. The van der Waals surface area contributed by atoms with Crippen molar-refractivity contribution in [2.45, 2.75) is 19.4 Å². The fraction of sp³-hybridized carbons (Fsp3) is 0.211. The van der Waals surface area contributed by atoms with Gasteiger partial charge < -0.3 is 14.8 Å². The second-order valence-electron chi connectivity index (χ2n) is 6.05. The fourth-order valence-electron chi connectivity index (χ4n) is 2.66. The number of halogens is 2. The number of amides is 1. The number of carboxylic acid groups (broad SMARTS) is 1. The van der Waals surface area contributed by atoms with Crippen LogP contribution in [-0.4, -0.2) is 22.0 Å². The Labute approximate surface area is 169 Å². The average molecular weight is 423 g/mol. The van der Waals surface area contributed by atoms with Crippen molar-refractivity contribution in [1.82, 2.24) is 10.3 Å². The molecule has 0 aliphatic carbocycles. The Morgan fingerprint density at radius 2 is 2.18 bits per heavy atom. The number of rotatable bonds is 8. The fourth-order valence-corrected chi connectivity index (χ4v) is 3.60. The molecule has 0 bridgehead atoms. The van der Waals surface area contributed by atoms with Crippen LogP contribution < -0.4 is 5.32 Å². The monoisotopic (exact) mass is 422 g/mol. The third kappa shape index (κ3) is 5.17. The molecule has 9 heteroatoms. The molecule has 0 saturated carbocycles. The van der Waals surface area contributed by atoms with Crippen LogP contribution in [0.25, 0.3) is 11.3 Å². The lowest BCUT2D eigenvalue weighted by Crippen LogP contribution is -2.33. The molecule has 0 spiro atoms. The van der Waals surface area contributed by atoms with Gasteiger partial charge in [0.25, 0.3) is 0 Å². The minimum Gasteiger partial charge on any atom is -0.481 e. The predicted molar refractivity (Wildman–Crippen MR) is 103 cm³/mol. The maximum atomic E-state index is 13.4. The number of aliphatic carboxylic acids is 1. The molecule has 28 heavy (non-hydrogen) atoms. The first-order chi connectivity index (χ1) is 13.4. The molecule has 0 saturated heterocycles. The van der Waals surface area contributed by atoms with E-state index < -0.39 is 23.6 Å². The number of thiazole rings is 1. The number of furan rings is 1. The second kappa shape index (κ2) is 8.99. The molecule has 146 valence electrons. The normalized spacial score (nSPS) is 11.9. The van der Waals surface area contributed by atoms with Crippen LogP contribution in [0, 0.1) is 11.7 Å². The van der Waals surface area contributed by atoms with E-state index in [1.165, 1.54) is 35.8 Å². The summed E-state index contributed by atoms with van der Waals surface area (Å²) in [6, 6.07) is 7.39. The number of hydrogen-bond donors (Lipinski definition) is 2. The smallest absolute Gasteiger partial charge is 0.304 e. The van der Waals surface area contributed by atoms with Gasteiger partial charge in [0.15, 0.2) is 0 Å². The number of nitrogens with zero attached hydrogens (tertiary/aromatic N) is 1. The molecule has 0 fully saturated rings. The van der Waals surface area contributed by atoms with Crippen LogP contribution in [0.4, 0.5) is 4.39 Å². The van der Waals surface area contributed by atoms with Crippen molar-refractivity contribution in [1.29, 1.82) is 0 Å². The standard InChI is InChI=1S/C19H16ClFN2O4S/c20-15-4-3-12(21)8-14(15)16-10-28-17(23-16)9-22-19(26)11(7-18(24)25)6-13-2-1-5-27-13/h1-5,8,10-11H,6-7,9H2,(H,22,26)(H,24,25)/t11-/m1/s1. The van der Waals surface area contributed by atoms with Crippen LogP contribution in [0.15, 0.2) is 46.4 Å². The first-order valence-corrected chi connectivity index (χ1v) is 9.60. The van der Waals surface area contributed by atoms with E-state index in [4.69, 9.17) is 21.1 Å². The van der Waals surface area contributed by atoms with Gasteiger partial charge >= 0.3 is 5.97 Å². The average Bonchev–Trinajstić information content (AvgIpc) is 3.32.